The van der Waals surface area contributed by atoms with Crippen LogP contribution in [0.2, 0.25) is 0 Å². The molecule has 2 heteroatoms. The molecule has 115 valence electrons. The molecule has 1 aliphatic rings. The molecule has 0 aromatic heterocycles. The van der Waals surface area contributed by atoms with Gasteiger partial charge >= 0.3 is 0 Å². The quantitative estimate of drug-likeness (QED) is 0.759. The highest BCUT2D eigenvalue weighted by atomic mass is 16.5. The smallest absolute Gasteiger partial charge is 0.0822 e. The molecular weight excluding hydrogens is 260 g/mol. The predicted molar refractivity (Wildman–Crippen MR) is 86.6 cm³/mol. The Hall–Kier alpha value is -1.12. The van der Waals surface area contributed by atoms with E-state index in [-0.39, 0.29) is 12.7 Å². The van der Waals surface area contributed by atoms with Crippen LogP contribution in [0.3, 0.4) is 0 Å². The molecule has 0 spiro atoms. The monoisotopic (exact) mass is 287 g/mol. The summed E-state index contributed by atoms with van der Waals surface area (Å²) in [5, 5.41) is 10.8. The van der Waals surface area contributed by atoms with Crippen LogP contribution in [-0.4, -0.2) is 19.3 Å². The van der Waals surface area contributed by atoms with E-state index in [0.29, 0.717) is 5.92 Å². The maximum Gasteiger partial charge on any atom is 0.0822 e. The van der Waals surface area contributed by atoms with Gasteiger partial charge in [0.05, 0.1) is 12.7 Å². The largest absolute Gasteiger partial charge is 0.374 e. The van der Waals surface area contributed by atoms with Gasteiger partial charge in [-0.2, -0.15) is 0 Å². The van der Waals surface area contributed by atoms with Gasteiger partial charge in [-0.15, -0.1) is 0 Å². The first-order valence-corrected chi connectivity index (χ1v) is 8.33. The van der Waals surface area contributed by atoms with Gasteiger partial charge < -0.3 is 4.74 Å². The van der Waals surface area contributed by atoms with Crippen molar-refractivity contribution in [2.45, 2.75) is 51.0 Å². The second-order valence-electron chi connectivity index (χ2n) is 5.91. The summed E-state index contributed by atoms with van der Waals surface area (Å²) >= 11 is 0. The number of ether oxygens (including phenoxy) is 1. The molecule has 1 aliphatic heterocycles. The van der Waals surface area contributed by atoms with E-state index >= 15 is 0 Å². The van der Waals surface area contributed by atoms with E-state index in [1.54, 1.807) is 0 Å². The van der Waals surface area contributed by atoms with E-state index in [1.165, 1.54) is 31.2 Å². The van der Waals surface area contributed by atoms with Crippen molar-refractivity contribution in [3.05, 3.63) is 42.0 Å². The Bertz CT molecular complexity index is 399. The van der Waals surface area contributed by atoms with Crippen molar-refractivity contribution in [2.24, 2.45) is 5.92 Å². The van der Waals surface area contributed by atoms with Crippen molar-refractivity contribution in [2.75, 3.05) is 13.2 Å². The standard InChI is InChI=1S/C19H27O2/c20-15-8-12-18-11-6-1-2-7-16-21-19(18)14-13-17-9-4-3-5-10-17/h3-5,9-10,13-14,18-19H,1-2,6-8,11-12,15-16H2. The zero-order valence-electron chi connectivity index (χ0n) is 12.9. The normalized spacial score (nSPS) is 24.4. The topological polar surface area (TPSA) is 29.1 Å². The fraction of sp³-hybridized carbons (Fsp3) is 0.579. The lowest BCUT2D eigenvalue weighted by Gasteiger charge is -2.24. The molecule has 2 atom stereocenters. The third kappa shape index (κ3) is 6.03. The second kappa shape index (κ2) is 9.75. The summed E-state index contributed by atoms with van der Waals surface area (Å²) in [6.45, 7) is 0.878. The summed E-state index contributed by atoms with van der Waals surface area (Å²) in [5.74, 6) is 0.497. The van der Waals surface area contributed by atoms with Crippen LogP contribution in [0.15, 0.2) is 36.4 Å². The number of benzene rings is 1. The van der Waals surface area contributed by atoms with Gasteiger partial charge in [0.15, 0.2) is 0 Å². The Morgan fingerprint density at radius 2 is 1.90 bits per heavy atom. The van der Waals surface area contributed by atoms with E-state index in [9.17, 15) is 5.11 Å². The van der Waals surface area contributed by atoms with Crippen LogP contribution in [0, 0.1) is 5.92 Å². The maximum atomic E-state index is 10.8. The Labute approximate surface area is 128 Å². The van der Waals surface area contributed by atoms with Crippen LogP contribution in [0.1, 0.15) is 50.5 Å². The third-order valence-electron chi connectivity index (χ3n) is 4.24. The molecule has 0 bridgehead atoms. The molecule has 1 aromatic rings. The van der Waals surface area contributed by atoms with Gasteiger partial charge in [-0.25, -0.2) is 5.11 Å². The van der Waals surface area contributed by atoms with E-state index in [0.717, 1.165) is 25.9 Å². The summed E-state index contributed by atoms with van der Waals surface area (Å²) in [5.41, 5.74) is 1.21. The molecule has 1 heterocycles. The van der Waals surface area contributed by atoms with Crippen LogP contribution in [0.4, 0.5) is 0 Å². The van der Waals surface area contributed by atoms with Crippen molar-refractivity contribution < 1.29 is 9.84 Å². The van der Waals surface area contributed by atoms with Gasteiger partial charge in [0, 0.05) is 6.61 Å². The minimum Gasteiger partial charge on any atom is -0.374 e. The predicted octanol–water partition coefficient (Wildman–Crippen LogP) is 4.88. The Kier molecular flexibility index (Phi) is 7.55. The molecule has 1 saturated heterocycles. The van der Waals surface area contributed by atoms with Crippen LogP contribution < -0.4 is 0 Å². The zero-order valence-corrected chi connectivity index (χ0v) is 12.9. The Morgan fingerprint density at radius 1 is 1.10 bits per heavy atom. The average Bonchev–Trinajstić information content (AvgIpc) is 2.64. The highest BCUT2D eigenvalue weighted by Gasteiger charge is 2.20. The van der Waals surface area contributed by atoms with E-state index in [4.69, 9.17) is 4.74 Å². The Morgan fingerprint density at radius 3 is 2.71 bits per heavy atom. The highest BCUT2D eigenvalue weighted by Crippen LogP contribution is 2.25. The average molecular weight is 287 g/mol. The molecule has 1 aromatic carbocycles. The number of rotatable bonds is 5. The molecular formula is C19H27O2. The van der Waals surface area contributed by atoms with Gasteiger partial charge in [-0.1, -0.05) is 61.7 Å². The molecule has 0 saturated carbocycles. The molecule has 0 aliphatic carbocycles. The first-order chi connectivity index (χ1) is 10.4. The minimum atomic E-state index is 0.0334. The van der Waals surface area contributed by atoms with Crippen LogP contribution >= 0.6 is 0 Å². The molecule has 2 nitrogen and oxygen atoms in total. The van der Waals surface area contributed by atoms with Crippen LogP contribution in [0.5, 0.6) is 0 Å². The van der Waals surface area contributed by atoms with Gasteiger partial charge in [0.25, 0.3) is 0 Å². The first-order valence-electron chi connectivity index (χ1n) is 8.33. The minimum absolute atomic E-state index is 0.0334. The molecule has 0 amide bonds. The highest BCUT2D eigenvalue weighted by molar-refractivity contribution is 5.49. The number of hydrogen-bond acceptors (Lipinski definition) is 1. The second-order valence-corrected chi connectivity index (χ2v) is 5.91. The molecule has 21 heavy (non-hydrogen) atoms. The lowest BCUT2D eigenvalue weighted by atomic mass is 9.90. The van der Waals surface area contributed by atoms with Crippen molar-refractivity contribution in [1.82, 2.24) is 0 Å². The summed E-state index contributed by atoms with van der Waals surface area (Å²) in [7, 11) is 0. The Balaban J connectivity index is 2.02. The van der Waals surface area contributed by atoms with Crippen LogP contribution in [-0.2, 0) is 9.84 Å². The molecule has 2 unspecified atom stereocenters. The summed E-state index contributed by atoms with van der Waals surface area (Å²) < 4.78 is 6.11. The van der Waals surface area contributed by atoms with Crippen LogP contribution in [0.25, 0.3) is 6.08 Å². The lowest BCUT2D eigenvalue weighted by molar-refractivity contribution is 0.0375. The number of hydrogen-bond donors (Lipinski definition) is 0. The first kappa shape index (κ1) is 16.3. The van der Waals surface area contributed by atoms with Crippen molar-refractivity contribution >= 4 is 6.08 Å². The fourth-order valence-electron chi connectivity index (χ4n) is 3.02. The van der Waals surface area contributed by atoms with Crippen molar-refractivity contribution in [3.63, 3.8) is 0 Å². The fourth-order valence-corrected chi connectivity index (χ4v) is 3.02. The SMILES string of the molecule is [O]CCCC1CCCCCCOC1C=Cc1ccccc1. The molecule has 1 radical (unpaired) electrons. The van der Waals surface area contributed by atoms with E-state index in [1.807, 2.05) is 6.07 Å². The third-order valence-corrected chi connectivity index (χ3v) is 4.24. The zero-order chi connectivity index (χ0) is 14.8. The lowest BCUT2D eigenvalue weighted by Crippen LogP contribution is -2.22. The van der Waals surface area contributed by atoms with E-state index < -0.39 is 0 Å². The van der Waals surface area contributed by atoms with Gasteiger partial charge in [0.1, 0.15) is 0 Å². The molecule has 1 fully saturated rings. The molecule has 2 rings (SSSR count). The molecule has 0 N–H and O–H groups in total. The maximum absolute atomic E-state index is 10.8. The summed E-state index contributed by atoms with van der Waals surface area (Å²) in [6.07, 6.45) is 12.5. The van der Waals surface area contributed by atoms with Crippen molar-refractivity contribution in [3.8, 4) is 0 Å². The van der Waals surface area contributed by atoms with Crippen molar-refractivity contribution in [1.29, 1.82) is 0 Å². The van der Waals surface area contributed by atoms with Gasteiger partial charge in [-0.3, -0.25) is 0 Å². The van der Waals surface area contributed by atoms with Gasteiger partial charge in [-0.05, 0) is 37.2 Å². The van der Waals surface area contributed by atoms with E-state index in [2.05, 4.69) is 36.4 Å². The summed E-state index contributed by atoms with van der Waals surface area (Å²) in [4.78, 5) is 0. The summed E-state index contributed by atoms with van der Waals surface area (Å²) in [6, 6.07) is 10.4. The van der Waals surface area contributed by atoms with Gasteiger partial charge in [0.2, 0.25) is 0 Å².